The summed E-state index contributed by atoms with van der Waals surface area (Å²) in [6, 6.07) is 6.84. The van der Waals surface area contributed by atoms with Crippen LogP contribution in [0.1, 0.15) is 30.4 Å². The van der Waals surface area contributed by atoms with Gasteiger partial charge in [0.2, 0.25) is 0 Å². The van der Waals surface area contributed by atoms with Crippen molar-refractivity contribution in [3.05, 3.63) is 29.3 Å². The Hall–Kier alpha value is -1.02. The van der Waals surface area contributed by atoms with E-state index in [2.05, 4.69) is 23.5 Å². The summed E-state index contributed by atoms with van der Waals surface area (Å²) < 4.78 is 5.74. The summed E-state index contributed by atoms with van der Waals surface area (Å²) in [6.07, 6.45) is 6.21. The molecule has 0 amide bonds. The Labute approximate surface area is 103 Å². The Balaban J connectivity index is 1.70. The molecule has 2 aliphatic rings. The predicted octanol–water partition coefficient (Wildman–Crippen LogP) is 2.55. The number of fused-ring (bicyclic) bond motifs is 1. The summed E-state index contributed by atoms with van der Waals surface area (Å²) >= 11 is 0. The maximum Gasteiger partial charge on any atom is 0.122 e. The van der Waals surface area contributed by atoms with Crippen molar-refractivity contribution in [2.24, 2.45) is 5.92 Å². The molecule has 92 valence electrons. The number of hydrogen-bond donors (Lipinski definition) is 1. The van der Waals surface area contributed by atoms with Crippen LogP contribution in [0, 0.1) is 5.92 Å². The Morgan fingerprint density at radius 2 is 2.12 bits per heavy atom. The fourth-order valence-corrected chi connectivity index (χ4v) is 2.93. The van der Waals surface area contributed by atoms with E-state index in [1.807, 2.05) is 0 Å². The van der Waals surface area contributed by atoms with Crippen LogP contribution in [0.3, 0.4) is 0 Å². The van der Waals surface area contributed by atoms with Crippen LogP contribution in [0.25, 0.3) is 0 Å². The average Bonchev–Trinajstić information content (AvgIpc) is 2.40. The highest BCUT2D eigenvalue weighted by Crippen LogP contribution is 2.28. The molecule has 1 N–H and O–H groups in total. The van der Waals surface area contributed by atoms with Gasteiger partial charge in [0.05, 0.1) is 6.61 Å². The molecule has 0 spiro atoms. The molecule has 0 saturated carbocycles. The van der Waals surface area contributed by atoms with Crippen molar-refractivity contribution in [2.75, 3.05) is 19.7 Å². The van der Waals surface area contributed by atoms with Crippen LogP contribution in [0.4, 0.5) is 0 Å². The maximum atomic E-state index is 5.74. The highest BCUT2D eigenvalue weighted by molar-refractivity contribution is 5.39. The van der Waals surface area contributed by atoms with E-state index >= 15 is 0 Å². The summed E-state index contributed by atoms with van der Waals surface area (Å²) in [7, 11) is 0. The van der Waals surface area contributed by atoms with Crippen molar-refractivity contribution < 1.29 is 4.74 Å². The fraction of sp³-hybridized carbons (Fsp3) is 0.600. The topological polar surface area (TPSA) is 21.3 Å². The third-order valence-corrected chi connectivity index (χ3v) is 3.96. The van der Waals surface area contributed by atoms with Crippen LogP contribution >= 0.6 is 0 Å². The van der Waals surface area contributed by atoms with E-state index in [9.17, 15) is 0 Å². The number of aryl methyl sites for hydroxylation is 1. The first-order valence-electron chi connectivity index (χ1n) is 6.87. The highest BCUT2D eigenvalue weighted by atomic mass is 16.5. The van der Waals surface area contributed by atoms with Crippen LogP contribution in [-0.4, -0.2) is 19.7 Å². The molecule has 1 aromatic carbocycles. The van der Waals surface area contributed by atoms with Crippen LogP contribution in [0.15, 0.2) is 18.2 Å². The number of hydrogen-bond acceptors (Lipinski definition) is 2. The molecule has 1 aromatic rings. The molecular formula is C15H21NO. The molecule has 0 radical (unpaired) electrons. The van der Waals surface area contributed by atoms with Crippen LogP contribution < -0.4 is 10.1 Å². The van der Waals surface area contributed by atoms with E-state index < -0.39 is 0 Å². The summed E-state index contributed by atoms with van der Waals surface area (Å²) in [4.78, 5) is 0. The van der Waals surface area contributed by atoms with Gasteiger partial charge in [-0.3, -0.25) is 0 Å². The van der Waals surface area contributed by atoms with Crippen molar-refractivity contribution >= 4 is 0 Å². The van der Waals surface area contributed by atoms with Gasteiger partial charge in [0, 0.05) is 0 Å². The first kappa shape index (κ1) is 11.1. The van der Waals surface area contributed by atoms with Gasteiger partial charge in [0.15, 0.2) is 0 Å². The maximum absolute atomic E-state index is 5.74. The van der Waals surface area contributed by atoms with E-state index in [0.717, 1.165) is 18.3 Å². The minimum absolute atomic E-state index is 0.859. The summed E-state index contributed by atoms with van der Waals surface area (Å²) in [5, 5.41) is 3.43. The van der Waals surface area contributed by atoms with E-state index in [4.69, 9.17) is 4.74 Å². The van der Waals surface area contributed by atoms with Crippen molar-refractivity contribution in [3.8, 4) is 5.75 Å². The van der Waals surface area contributed by atoms with E-state index in [0.29, 0.717) is 0 Å². The van der Waals surface area contributed by atoms with Gasteiger partial charge in [-0.2, -0.15) is 0 Å². The second kappa shape index (κ2) is 5.09. The molecule has 1 saturated heterocycles. The zero-order valence-electron chi connectivity index (χ0n) is 10.4. The zero-order chi connectivity index (χ0) is 11.5. The summed E-state index contributed by atoms with van der Waals surface area (Å²) in [5.41, 5.74) is 2.85. The molecule has 0 unspecified atom stereocenters. The highest BCUT2D eigenvalue weighted by Gasteiger charge is 2.15. The van der Waals surface area contributed by atoms with E-state index in [-0.39, 0.29) is 0 Å². The van der Waals surface area contributed by atoms with Crippen LogP contribution in [-0.2, 0) is 12.8 Å². The molecule has 2 aliphatic heterocycles. The van der Waals surface area contributed by atoms with Crippen molar-refractivity contribution in [1.82, 2.24) is 5.32 Å². The average molecular weight is 231 g/mol. The molecule has 2 heterocycles. The molecule has 0 bridgehead atoms. The number of benzene rings is 1. The number of nitrogens with one attached hydrogen (secondary N) is 1. The predicted molar refractivity (Wildman–Crippen MR) is 69.6 cm³/mol. The number of ether oxygens (including phenoxy) is 1. The zero-order valence-corrected chi connectivity index (χ0v) is 10.4. The first-order chi connectivity index (χ1) is 8.42. The van der Waals surface area contributed by atoms with Gasteiger partial charge in [-0.25, -0.2) is 0 Å². The van der Waals surface area contributed by atoms with Crippen molar-refractivity contribution in [3.63, 3.8) is 0 Å². The number of rotatable bonds is 2. The normalized spacial score (nSPS) is 20.7. The Bertz CT molecular complexity index is 383. The first-order valence-corrected chi connectivity index (χ1v) is 6.87. The lowest BCUT2D eigenvalue weighted by atomic mass is 9.90. The Morgan fingerprint density at radius 3 is 3.00 bits per heavy atom. The summed E-state index contributed by atoms with van der Waals surface area (Å²) in [5.74, 6) is 2.00. The minimum atomic E-state index is 0.859. The number of piperidine rings is 1. The summed E-state index contributed by atoms with van der Waals surface area (Å²) in [6.45, 7) is 3.27. The second-order valence-electron chi connectivity index (χ2n) is 5.29. The van der Waals surface area contributed by atoms with Crippen molar-refractivity contribution in [1.29, 1.82) is 0 Å². The molecule has 3 rings (SSSR count). The minimum Gasteiger partial charge on any atom is -0.493 e. The molecular weight excluding hydrogens is 210 g/mol. The van der Waals surface area contributed by atoms with Gasteiger partial charge in [0.1, 0.15) is 5.75 Å². The van der Waals surface area contributed by atoms with E-state index in [1.165, 1.54) is 56.3 Å². The largest absolute Gasteiger partial charge is 0.493 e. The van der Waals surface area contributed by atoms with Gasteiger partial charge in [0.25, 0.3) is 0 Å². The fourth-order valence-electron chi connectivity index (χ4n) is 2.93. The van der Waals surface area contributed by atoms with Crippen LogP contribution in [0.2, 0.25) is 0 Å². The Kier molecular flexibility index (Phi) is 3.32. The van der Waals surface area contributed by atoms with Gasteiger partial charge in [-0.05, 0) is 68.3 Å². The molecule has 2 heteroatoms. The third-order valence-electron chi connectivity index (χ3n) is 3.96. The SMILES string of the molecule is c1cc2c(cc1CC1CCNCC1)OCCC2. The lowest BCUT2D eigenvalue weighted by Crippen LogP contribution is -2.28. The quantitative estimate of drug-likeness (QED) is 0.844. The van der Waals surface area contributed by atoms with Gasteiger partial charge >= 0.3 is 0 Å². The molecule has 0 aliphatic carbocycles. The lowest BCUT2D eigenvalue weighted by Gasteiger charge is -2.23. The van der Waals surface area contributed by atoms with Crippen LogP contribution in [0.5, 0.6) is 5.75 Å². The standard InChI is InChI=1S/C15H21NO/c1-2-14-4-3-13(11-15(14)17-9-1)10-12-5-7-16-8-6-12/h3-4,11-12,16H,1-2,5-10H2. The monoisotopic (exact) mass is 231 g/mol. The van der Waals surface area contributed by atoms with Gasteiger partial charge < -0.3 is 10.1 Å². The van der Waals surface area contributed by atoms with Gasteiger partial charge in [-0.1, -0.05) is 12.1 Å². The Morgan fingerprint density at radius 1 is 1.24 bits per heavy atom. The molecule has 0 aromatic heterocycles. The van der Waals surface area contributed by atoms with Crippen molar-refractivity contribution in [2.45, 2.75) is 32.1 Å². The molecule has 1 fully saturated rings. The third kappa shape index (κ3) is 2.63. The molecule has 0 atom stereocenters. The van der Waals surface area contributed by atoms with E-state index in [1.54, 1.807) is 0 Å². The molecule has 2 nitrogen and oxygen atoms in total. The lowest BCUT2D eigenvalue weighted by molar-refractivity contribution is 0.287. The molecule has 17 heavy (non-hydrogen) atoms. The second-order valence-corrected chi connectivity index (χ2v) is 5.29. The van der Waals surface area contributed by atoms with Gasteiger partial charge in [-0.15, -0.1) is 0 Å². The smallest absolute Gasteiger partial charge is 0.122 e.